The van der Waals surface area contributed by atoms with Gasteiger partial charge in [0.05, 0.1) is 18.8 Å². The number of pyridine rings is 1. The van der Waals surface area contributed by atoms with Gasteiger partial charge in [0.15, 0.2) is 6.61 Å². The lowest BCUT2D eigenvalue weighted by molar-refractivity contribution is -0.134. The van der Waals surface area contributed by atoms with Crippen LogP contribution in [0.2, 0.25) is 0 Å². The molecule has 1 aliphatic carbocycles. The lowest BCUT2D eigenvalue weighted by Gasteiger charge is -2.22. The second-order valence-electron chi connectivity index (χ2n) is 6.71. The molecular formula is C21H25N3O4. The fourth-order valence-corrected chi connectivity index (χ4v) is 2.67. The summed E-state index contributed by atoms with van der Waals surface area (Å²) < 4.78 is 10.8. The molecule has 0 spiro atoms. The number of rotatable bonds is 10. The molecule has 7 nitrogen and oxygen atoms in total. The van der Waals surface area contributed by atoms with Crippen LogP contribution in [0.1, 0.15) is 18.5 Å². The Morgan fingerprint density at radius 2 is 2.07 bits per heavy atom. The van der Waals surface area contributed by atoms with Gasteiger partial charge in [0.1, 0.15) is 5.75 Å². The summed E-state index contributed by atoms with van der Waals surface area (Å²) in [6, 6.07) is 12.7. The summed E-state index contributed by atoms with van der Waals surface area (Å²) in [5.41, 5.74) is 1.48. The molecule has 7 heteroatoms. The maximum Gasteiger partial charge on any atom is 0.260 e. The van der Waals surface area contributed by atoms with Crippen LogP contribution in [0.15, 0.2) is 48.7 Å². The molecule has 3 rings (SSSR count). The van der Waals surface area contributed by atoms with Gasteiger partial charge in [0.2, 0.25) is 5.91 Å². The van der Waals surface area contributed by atoms with Crippen molar-refractivity contribution < 1.29 is 19.1 Å². The van der Waals surface area contributed by atoms with Crippen molar-refractivity contribution in [1.82, 2.24) is 9.88 Å². The second-order valence-corrected chi connectivity index (χ2v) is 6.71. The van der Waals surface area contributed by atoms with E-state index in [1.807, 2.05) is 18.2 Å². The summed E-state index contributed by atoms with van der Waals surface area (Å²) in [5, 5.41) is 2.88. The Morgan fingerprint density at radius 3 is 2.79 bits per heavy atom. The van der Waals surface area contributed by atoms with E-state index in [-0.39, 0.29) is 24.3 Å². The van der Waals surface area contributed by atoms with Crippen molar-refractivity contribution in [1.29, 1.82) is 0 Å². The van der Waals surface area contributed by atoms with Crippen LogP contribution < -0.4 is 10.1 Å². The zero-order chi connectivity index (χ0) is 19.8. The largest absolute Gasteiger partial charge is 0.484 e. The SMILES string of the molecule is COCCN(Cc1ccccn1)C(=O)COc1cccc(NC(=O)C2CC2)c1. The molecule has 1 aromatic carbocycles. The Hall–Kier alpha value is -2.93. The molecule has 1 aromatic heterocycles. The normalized spacial score (nSPS) is 13.0. The van der Waals surface area contributed by atoms with Gasteiger partial charge < -0.3 is 19.7 Å². The molecule has 0 saturated heterocycles. The Kier molecular flexibility index (Phi) is 6.97. The fourth-order valence-electron chi connectivity index (χ4n) is 2.67. The summed E-state index contributed by atoms with van der Waals surface area (Å²) in [4.78, 5) is 30.4. The summed E-state index contributed by atoms with van der Waals surface area (Å²) in [5.74, 6) is 0.544. The number of hydrogen-bond donors (Lipinski definition) is 1. The zero-order valence-corrected chi connectivity index (χ0v) is 16.0. The van der Waals surface area contributed by atoms with Crippen molar-refractivity contribution in [3.05, 3.63) is 54.4 Å². The van der Waals surface area contributed by atoms with E-state index in [9.17, 15) is 9.59 Å². The van der Waals surface area contributed by atoms with Crippen LogP contribution >= 0.6 is 0 Å². The first-order valence-corrected chi connectivity index (χ1v) is 9.36. The molecule has 2 amide bonds. The van der Waals surface area contributed by atoms with Crippen LogP contribution in [0.25, 0.3) is 0 Å². The highest BCUT2D eigenvalue weighted by Gasteiger charge is 2.29. The summed E-state index contributed by atoms with van der Waals surface area (Å²) in [6.07, 6.45) is 3.60. The average molecular weight is 383 g/mol. The van der Waals surface area contributed by atoms with E-state index in [0.29, 0.717) is 31.1 Å². The first-order valence-electron chi connectivity index (χ1n) is 9.36. The van der Waals surface area contributed by atoms with Gasteiger partial charge in [-0.1, -0.05) is 12.1 Å². The Labute approximate surface area is 164 Å². The first-order chi connectivity index (χ1) is 13.7. The van der Waals surface area contributed by atoms with Crippen molar-refractivity contribution in [2.45, 2.75) is 19.4 Å². The topological polar surface area (TPSA) is 80.8 Å². The number of hydrogen-bond acceptors (Lipinski definition) is 5. The maximum absolute atomic E-state index is 12.6. The number of ether oxygens (including phenoxy) is 2. The van der Waals surface area contributed by atoms with Crippen molar-refractivity contribution in [2.75, 3.05) is 32.2 Å². The van der Waals surface area contributed by atoms with Crippen molar-refractivity contribution in [2.24, 2.45) is 5.92 Å². The number of methoxy groups -OCH3 is 1. The van der Waals surface area contributed by atoms with Gasteiger partial charge in [-0.2, -0.15) is 0 Å². The van der Waals surface area contributed by atoms with Gasteiger partial charge in [0, 0.05) is 37.5 Å². The predicted molar refractivity (Wildman–Crippen MR) is 105 cm³/mol. The van der Waals surface area contributed by atoms with Gasteiger partial charge in [-0.3, -0.25) is 14.6 Å². The lowest BCUT2D eigenvalue weighted by Crippen LogP contribution is -2.37. The molecule has 1 saturated carbocycles. The number of nitrogens with zero attached hydrogens (tertiary/aromatic N) is 2. The molecule has 148 valence electrons. The summed E-state index contributed by atoms with van der Waals surface area (Å²) in [7, 11) is 1.60. The van der Waals surface area contributed by atoms with Crippen LogP contribution in [0, 0.1) is 5.92 Å². The number of benzene rings is 1. The Balaban J connectivity index is 1.56. The molecule has 1 aliphatic rings. The molecule has 1 N–H and O–H groups in total. The van der Waals surface area contributed by atoms with Crippen LogP contribution in [0.3, 0.4) is 0 Å². The molecule has 0 radical (unpaired) electrons. The molecule has 2 aromatic rings. The van der Waals surface area contributed by atoms with E-state index in [4.69, 9.17) is 9.47 Å². The highest BCUT2D eigenvalue weighted by molar-refractivity contribution is 5.94. The third-order valence-electron chi connectivity index (χ3n) is 4.41. The van der Waals surface area contributed by atoms with Crippen molar-refractivity contribution >= 4 is 17.5 Å². The predicted octanol–water partition coefficient (Wildman–Crippen LogP) is 2.48. The third-order valence-corrected chi connectivity index (χ3v) is 4.41. The Morgan fingerprint density at radius 1 is 1.21 bits per heavy atom. The number of nitrogens with one attached hydrogen (secondary N) is 1. The molecule has 0 bridgehead atoms. The number of carbonyl (C=O) groups excluding carboxylic acids is 2. The minimum atomic E-state index is -0.157. The highest BCUT2D eigenvalue weighted by Crippen LogP contribution is 2.30. The molecule has 1 heterocycles. The van der Waals surface area contributed by atoms with Gasteiger partial charge in [-0.25, -0.2) is 0 Å². The monoisotopic (exact) mass is 383 g/mol. The standard InChI is InChI=1S/C21H25N3O4/c1-27-12-11-24(14-18-5-2-3-10-22-18)20(25)15-28-19-7-4-6-17(13-19)23-21(26)16-8-9-16/h2-7,10,13,16H,8-9,11-12,14-15H2,1H3,(H,23,26). The minimum absolute atomic E-state index is 0.0364. The number of aromatic nitrogens is 1. The summed E-state index contributed by atoms with van der Waals surface area (Å²) >= 11 is 0. The van der Waals surface area contributed by atoms with Crippen molar-refractivity contribution in [3.8, 4) is 5.75 Å². The molecule has 0 atom stereocenters. The van der Waals surface area contributed by atoms with Crippen molar-refractivity contribution in [3.63, 3.8) is 0 Å². The van der Waals surface area contributed by atoms with E-state index < -0.39 is 0 Å². The molecule has 0 unspecified atom stereocenters. The van der Waals surface area contributed by atoms with Gasteiger partial charge in [-0.05, 0) is 37.1 Å². The van der Waals surface area contributed by atoms with E-state index >= 15 is 0 Å². The van der Waals surface area contributed by atoms with Crippen LogP contribution in [-0.4, -0.2) is 48.6 Å². The van der Waals surface area contributed by atoms with Crippen LogP contribution in [-0.2, 0) is 20.9 Å². The van der Waals surface area contributed by atoms with Crippen LogP contribution in [0.5, 0.6) is 5.75 Å². The number of amides is 2. The number of anilines is 1. The lowest BCUT2D eigenvalue weighted by atomic mass is 10.3. The van der Waals surface area contributed by atoms with E-state index in [1.165, 1.54) is 0 Å². The van der Waals surface area contributed by atoms with E-state index in [2.05, 4.69) is 10.3 Å². The quantitative estimate of drug-likeness (QED) is 0.682. The number of carbonyl (C=O) groups is 2. The maximum atomic E-state index is 12.6. The van der Waals surface area contributed by atoms with Crippen LogP contribution in [0.4, 0.5) is 5.69 Å². The first kappa shape index (κ1) is 19.8. The van der Waals surface area contributed by atoms with E-state index in [1.54, 1.807) is 42.5 Å². The summed E-state index contributed by atoms with van der Waals surface area (Å²) in [6.45, 7) is 1.18. The zero-order valence-electron chi connectivity index (χ0n) is 16.0. The third kappa shape index (κ3) is 6.06. The molecule has 0 aliphatic heterocycles. The fraction of sp³-hybridized carbons (Fsp3) is 0.381. The minimum Gasteiger partial charge on any atom is -0.484 e. The Bertz CT molecular complexity index is 793. The average Bonchev–Trinajstić information content (AvgIpc) is 3.56. The highest BCUT2D eigenvalue weighted by atomic mass is 16.5. The molecule has 1 fully saturated rings. The molecular weight excluding hydrogens is 358 g/mol. The molecule has 28 heavy (non-hydrogen) atoms. The smallest absolute Gasteiger partial charge is 0.260 e. The second kappa shape index (κ2) is 9.85. The van der Waals surface area contributed by atoms with Gasteiger partial charge in [0.25, 0.3) is 5.91 Å². The van der Waals surface area contributed by atoms with E-state index in [0.717, 1.165) is 18.5 Å². The van der Waals surface area contributed by atoms with Gasteiger partial charge in [-0.15, -0.1) is 0 Å². The van der Waals surface area contributed by atoms with Gasteiger partial charge >= 0.3 is 0 Å².